The monoisotopic (exact) mass is 503 g/mol. The maximum Gasteiger partial charge on any atom is 0.243 e. The molecule has 3 rings (SSSR count). The standard InChI is InChI=1S/C25H37N5O6/c1-14(2)9-19-23(34)27-15(3)21(32)26-11-25(12-36-13-25)30-16(4)22(33)28-20(24(35)29-19)10-17-5-7-18(31)8-6-17/h5-8,14-16,19-20,30-31H,9-13H2,1-4H3,(H,26,32)(H,27,34)(H,28,33)(H,29,35)/t15-,16-,19-,20?/m0/s1. The smallest absolute Gasteiger partial charge is 0.243 e. The Balaban J connectivity index is 1.90. The fraction of sp³-hybridized carbons (Fsp3) is 0.600. The predicted molar refractivity (Wildman–Crippen MR) is 132 cm³/mol. The van der Waals surface area contributed by atoms with Crippen LogP contribution < -0.4 is 26.6 Å². The molecule has 0 bridgehead atoms. The van der Waals surface area contributed by atoms with Gasteiger partial charge in [-0.05, 0) is 43.9 Å². The summed E-state index contributed by atoms with van der Waals surface area (Å²) in [5.74, 6) is -1.59. The van der Waals surface area contributed by atoms with Gasteiger partial charge in [-0.1, -0.05) is 26.0 Å². The Morgan fingerprint density at radius 3 is 2.08 bits per heavy atom. The lowest BCUT2D eigenvalue weighted by molar-refractivity contribution is -0.134. The number of nitrogens with one attached hydrogen (secondary N) is 5. The van der Waals surface area contributed by atoms with Crippen LogP contribution in [0.2, 0.25) is 0 Å². The van der Waals surface area contributed by atoms with E-state index in [0.29, 0.717) is 19.6 Å². The van der Waals surface area contributed by atoms with E-state index in [1.807, 2.05) is 13.8 Å². The van der Waals surface area contributed by atoms with Gasteiger partial charge >= 0.3 is 0 Å². The number of hydrogen-bond acceptors (Lipinski definition) is 7. The van der Waals surface area contributed by atoms with Crippen LogP contribution in [0.25, 0.3) is 0 Å². The third kappa shape index (κ3) is 7.17. The lowest BCUT2D eigenvalue weighted by Gasteiger charge is -2.44. The third-order valence-electron chi connectivity index (χ3n) is 6.37. The van der Waals surface area contributed by atoms with Gasteiger partial charge in [-0.3, -0.25) is 24.5 Å². The molecule has 0 aromatic heterocycles. The Labute approximate surface area is 211 Å². The van der Waals surface area contributed by atoms with E-state index in [1.165, 1.54) is 12.1 Å². The molecule has 11 nitrogen and oxygen atoms in total. The molecule has 11 heteroatoms. The quantitative estimate of drug-likeness (QED) is 0.318. The summed E-state index contributed by atoms with van der Waals surface area (Å²) in [5.41, 5.74) is 0.0921. The zero-order chi connectivity index (χ0) is 26.5. The average molecular weight is 504 g/mol. The molecule has 2 aliphatic heterocycles. The van der Waals surface area contributed by atoms with Gasteiger partial charge in [-0.15, -0.1) is 0 Å². The largest absolute Gasteiger partial charge is 0.508 e. The molecular weight excluding hydrogens is 466 g/mol. The number of phenolic OH excluding ortho intramolecular Hbond substituents is 1. The second-order valence-corrected chi connectivity index (χ2v) is 10.2. The van der Waals surface area contributed by atoms with E-state index in [1.54, 1.807) is 26.0 Å². The molecule has 0 radical (unpaired) electrons. The number of rotatable bonds is 4. The van der Waals surface area contributed by atoms with Crippen molar-refractivity contribution in [2.45, 2.75) is 70.2 Å². The molecule has 0 aliphatic carbocycles. The number of amides is 4. The first-order valence-corrected chi connectivity index (χ1v) is 12.3. The molecule has 4 amide bonds. The lowest BCUT2D eigenvalue weighted by atomic mass is 9.95. The summed E-state index contributed by atoms with van der Waals surface area (Å²) in [6.07, 6.45) is 0.509. The molecule has 1 unspecified atom stereocenters. The van der Waals surface area contributed by atoms with E-state index in [2.05, 4.69) is 26.6 Å². The topological polar surface area (TPSA) is 158 Å². The number of ether oxygens (including phenoxy) is 1. The summed E-state index contributed by atoms with van der Waals surface area (Å²) >= 11 is 0. The van der Waals surface area contributed by atoms with E-state index in [0.717, 1.165) is 5.56 Å². The van der Waals surface area contributed by atoms with Gasteiger partial charge in [0, 0.05) is 13.0 Å². The molecule has 2 heterocycles. The van der Waals surface area contributed by atoms with Crippen LogP contribution in [0.15, 0.2) is 24.3 Å². The zero-order valence-corrected chi connectivity index (χ0v) is 21.2. The van der Waals surface area contributed by atoms with E-state index in [9.17, 15) is 24.3 Å². The number of benzene rings is 1. The van der Waals surface area contributed by atoms with Crippen molar-refractivity contribution >= 4 is 23.6 Å². The van der Waals surface area contributed by atoms with Gasteiger partial charge in [-0.25, -0.2) is 0 Å². The highest BCUT2D eigenvalue weighted by atomic mass is 16.5. The van der Waals surface area contributed by atoms with Crippen molar-refractivity contribution in [1.29, 1.82) is 0 Å². The molecule has 1 spiro atoms. The molecule has 2 aliphatic rings. The number of carbonyl (C=O) groups excluding carboxylic acids is 4. The Kier molecular flexibility index (Phi) is 8.91. The molecule has 198 valence electrons. The normalized spacial score (nSPS) is 27.7. The number of carbonyl (C=O) groups is 4. The first-order chi connectivity index (χ1) is 17.0. The predicted octanol–water partition coefficient (Wildman–Crippen LogP) is -0.668. The van der Waals surface area contributed by atoms with Crippen molar-refractivity contribution in [2.24, 2.45) is 5.92 Å². The fourth-order valence-corrected chi connectivity index (χ4v) is 4.25. The van der Waals surface area contributed by atoms with Crippen LogP contribution in [-0.2, 0) is 30.3 Å². The van der Waals surface area contributed by atoms with Crippen LogP contribution in [0.3, 0.4) is 0 Å². The fourth-order valence-electron chi connectivity index (χ4n) is 4.25. The van der Waals surface area contributed by atoms with E-state index in [-0.39, 0.29) is 30.5 Å². The Hall–Kier alpha value is -3.18. The zero-order valence-electron chi connectivity index (χ0n) is 21.2. The van der Waals surface area contributed by atoms with Crippen LogP contribution in [0, 0.1) is 5.92 Å². The van der Waals surface area contributed by atoms with Crippen molar-refractivity contribution in [2.75, 3.05) is 19.8 Å². The van der Waals surface area contributed by atoms with Gasteiger partial charge in [0.2, 0.25) is 23.6 Å². The van der Waals surface area contributed by atoms with E-state index < -0.39 is 47.4 Å². The Bertz CT molecular complexity index is 962. The first kappa shape index (κ1) is 27.4. The Morgan fingerprint density at radius 1 is 0.889 bits per heavy atom. The maximum absolute atomic E-state index is 13.4. The summed E-state index contributed by atoms with van der Waals surface area (Å²) in [7, 11) is 0. The van der Waals surface area contributed by atoms with Gasteiger partial charge in [0.15, 0.2) is 0 Å². The average Bonchev–Trinajstić information content (AvgIpc) is 2.79. The van der Waals surface area contributed by atoms with Crippen molar-refractivity contribution in [1.82, 2.24) is 26.6 Å². The number of phenols is 1. The molecule has 2 fully saturated rings. The van der Waals surface area contributed by atoms with Gasteiger partial charge < -0.3 is 31.1 Å². The second-order valence-electron chi connectivity index (χ2n) is 10.2. The summed E-state index contributed by atoms with van der Waals surface area (Å²) in [5, 5.41) is 23.9. The van der Waals surface area contributed by atoms with Crippen molar-refractivity contribution in [3.05, 3.63) is 29.8 Å². The van der Waals surface area contributed by atoms with Crippen molar-refractivity contribution in [3.8, 4) is 5.75 Å². The maximum atomic E-state index is 13.4. The van der Waals surface area contributed by atoms with Crippen LogP contribution in [-0.4, -0.2) is 78.2 Å². The highest BCUT2D eigenvalue weighted by molar-refractivity contribution is 5.95. The summed E-state index contributed by atoms with van der Waals surface area (Å²) in [6.45, 7) is 7.94. The molecule has 6 N–H and O–H groups in total. The molecule has 1 aromatic rings. The lowest BCUT2D eigenvalue weighted by Crippen LogP contribution is -2.70. The van der Waals surface area contributed by atoms with Gasteiger partial charge in [0.05, 0.1) is 24.8 Å². The number of hydrogen-bond donors (Lipinski definition) is 6. The minimum absolute atomic E-state index is 0.0834. The summed E-state index contributed by atoms with van der Waals surface area (Å²) in [6, 6.07) is 2.99. The molecule has 1 aromatic carbocycles. The van der Waals surface area contributed by atoms with Crippen molar-refractivity contribution < 1.29 is 29.0 Å². The molecular formula is C25H37N5O6. The van der Waals surface area contributed by atoms with E-state index >= 15 is 0 Å². The first-order valence-electron chi connectivity index (χ1n) is 12.3. The minimum Gasteiger partial charge on any atom is -0.508 e. The van der Waals surface area contributed by atoms with Crippen LogP contribution in [0.5, 0.6) is 5.75 Å². The third-order valence-corrected chi connectivity index (χ3v) is 6.37. The molecule has 4 atom stereocenters. The molecule has 36 heavy (non-hydrogen) atoms. The van der Waals surface area contributed by atoms with Crippen LogP contribution in [0.4, 0.5) is 0 Å². The van der Waals surface area contributed by atoms with Crippen LogP contribution >= 0.6 is 0 Å². The van der Waals surface area contributed by atoms with Gasteiger partial charge in [0.1, 0.15) is 23.9 Å². The second kappa shape index (κ2) is 11.7. The number of aromatic hydroxyl groups is 1. The summed E-state index contributed by atoms with van der Waals surface area (Å²) < 4.78 is 5.35. The van der Waals surface area contributed by atoms with Crippen LogP contribution in [0.1, 0.15) is 39.7 Å². The SMILES string of the molecule is CC(C)C[C@@H]1NC(=O)C(Cc2ccc(O)cc2)NC(=O)[C@H](C)NC2(CNC(=O)[C@H](C)NC1=O)COC2. The van der Waals surface area contributed by atoms with Gasteiger partial charge in [-0.2, -0.15) is 0 Å². The Morgan fingerprint density at radius 2 is 1.50 bits per heavy atom. The van der Waals surface area contributed by atoms with Crippen molar-refractivity contribution in [3.63, 3.8) is 0 Å². The summed E-state index contributed by atoms with van der Waals surface area (Å²) in [4.78, 5) is 52.2. The highest BCUT2D eigenvalue weighted by Crippen LogP contribution is 2.18. The highest BCUT2D eigenvalue weighted by Gasteiger charge is 2.42. The molecule has 0 saturated carbocycles. The van der Waals surface area contributed by atoms with E-state index in [4.69, 9.17) is 4.74 Å². The molecule has 2 saturated heterocycles. The minimum atomic E-state index is -0.968. The van der Waals surface area contributed by atoms with Gasteiger partial charge in [0.25, 0.3) is 0 Å².